The minimum atomic E-state index is 0. The average Bonchev–Trinajstić information content (AvgIpc) is 2.18. The van der Waals surface area contributed by atoms with E-state index in [0.717, 1.165) is 17.4 Å². The Balaban J connectivity index is 0.00000196. The monoisotopic (exact) mass is 277 g/mol. The molecule has 0 bridgehead atoms. The Bertz CT molecular complexity index is 219. The van der Waals surface area contributed by atoms with Gasteiger partial charge in [-0.3, -0.25) is 4.90 Å². The van der Waals surface area contributed by atoms with Crippen LogP contribution in [0.15, 0.2) is 5.11 Å². The first-order valence-electron chi connectivity index (χ1n) is 5.19. The lowest BCUT2D eigenvalue weighted by Crippen LogP contribution is -3.00. The van der Waals surface area contributed by atoms with Crippen molar-refractivity contribution in [3.05, 3.63) is 10.4 Å². The number of quaternary nitrogens is 1. The summed E-state index contributed by atoms with van der Waals surface area (Å²) >= 11 is 0. The van der Waals surface area contributed by atoms with Gasteiger partial charge in [-0.25, -0.2) is 0 Å². The SMILES string of the molecule is CN1CC[N+](C)(CCCN=[N+]=[N-])CC1.[Br-]. The molecule has 0 aromatic carbocycles. The van der Waals surface area contributed by atoms with Crippen LogP contribution in [-0.4, -0.2) is 62.7 Å². The highest BCUT2D eigenvalue weighted by atomic mass is 79.9. The van der Waals surface area contributed by atoms with Crippen LogP contribution in [-0.2, 0) is 0 Å². The number of hydrogen-bond donors (Lipinski definition) is 0. The molecule has 0 N–H and O–H groups in total. The van der Waals surface area contributed by atoms with Gasteiger partial charge in [-0.05, 0) is 12.6 Å². The van der Waals surface area contributed by atoms with E-state index in [1.165, 1.54) is 26.2 Å². The summed E-state index contributed by atoms with van der Waals surface area (Å²) in [6.45, 7) is 6.56. The zero-order chi connectivity index (χ0) is 10.4. The zero-order valence-electron chi connectivity index (χ0n) is 9.56. The van der Waals surface area contributed by atoms with E-state index in [0.29, 0.717) is 6.54 Å². The van der Waals surface area contributed by atoms with E-state index in [-0.39, 0.29) is 17.0 Å². The lowest BCUT2D eigenvalue weighted by Gasteiger charge is -2.41. The maximum Gasteiger partial charge on any atom is 0.0914 e. The molecule has 0 aliphatic carbocycles. The van der Waals surface area contributed by atoms with Gasteiger partial charge in [-0.15, -0.1) is 0 Å². The Hall–Kier alpha value is -0.290. The van der Waals surface area contributed by atoms with Crippen LogP contribution in [0.2, 0.25) is 0 Å². The van der Waals surface area contributed by atoms with E-state index in [2.05, 4.69) is 29.0 Å². The fourth-order valence-corrected chi connectivity index (χ4v) is 1.84. The predicted molar refractivity (Wildman–Crippen MR) is 56.9 cm³/mol. The number of rotatable bonds is 4. The largest absolute Gasteiger partial charge is 1.00 e. The van der Waals surface area contributed by atoms with E-state index < -0.39 is 0 Å². The second kappa shape index (κ2) is 7.06. The third-order valence-electron chi connectivity index (χ3n) is 3.06. The van der Waals surface area contributed by atoms with Crippen LogP contribution < -0.4 is 17.0 Å². The van der Waals surface area contributed by atoms with E-state index in [4.69, 9.17) is 5.53 Å². The van der Waals surface area contributed by atoms with Crippen molar-refractivity contribution in [3.63, 3.8) is 0 Å². The van der Waals surface area contributed by atoms with Gasteiger partial charge >= 0.3 is 0 Å². The molecule has 6 heteroatoms. The van der Waals surface area contributed by atoms with E-state index in [1.807, 2.05) is 0 Å². The molecule has 1 fully saturated rings. The van der Waals surface area contributed by atoms with Crippen molar-refractivity contribution in [1.29, 1.82) is 0 Å². The lowest BCUT2D eigenvalue weighted by molar-refractivity contribution is -0.913. The molecular weight excluding hydrogens is 258 g/mol. The number of hydrogen-bond acceptors (Lipinski definition) is 2. The van der Waals surface area contributed by atoms with Gasteiger partial charge in [-0.1, -0.05) is 5.11 Å². The van der Waals surface area contributed by atoms with E-state index in [1.54, 1.807) is 0 Å². The molecule has 0 spiro atoms. The van der Waals surface area contributed by atoms with Gasteiger partial charge in [0.15, 0.2) is 0 Å². The summed E-state index contributed by atoms with van der Waals surface area (Å²) in [6, 6.07) is 0. The average molecular weight is 278 g/mol. The molecule has 0 aromatic rings. The van der Waals surface area contributed by atoms with Crippen LogP contribution in [0.4, 0.5) is 0 Å². The maximum absolute atomic E-state index is 8.15. The summed E-state index contributed by atoms with van der Waals surface area (Å²) in [7, 11) is 4.46. The second-order valence-electron chi connectivity index (χ2n) is 4.40. The van der Waals surface area contributed by atoms with E-state index in [9.17, 15) is 0 Å². The summed E-state index contributed by atoms with van der Waals surface area (Å²) in [5, 5.41) is 3.56. The van der Waals surface area contributed by atoms with Crippen molar-refractivity contribution >= 4 is 0 Å². The van der Waals surface area contributed by atoms with Crippen LogP contribution >= 0.6 is 0 Å². The van der Waals surface area contributed by atoms with Crippen LogP contribution in [0.1, 0.15) is 6.42 Å². The summed E-state index contributed by atoms with van der Waals surface area (Å²) in [5.41, 5.74) is 8.15. The van der Waals surface area contributed by atoms with Gasteiger partial charge in [-0.2, -0.15) is 0 Å². The molecule has 0 radical (unpaired) electrons. The van der Waals surface area contributed by atoms with Crippen LogP contribution in [0, 0.1) is 0 Å². The second-order valence-corrected chi connectivity index (χ2v) is 4.40. The summed E-state index contributed by atoms with van der Waals surface area (Å²) in [6.07, 6.45) is 1.00. The van der Waals surface area contributed by atoms with Crippen LogP contribution in [0.5, 0.6) is 0 Å². The predicted octanol–water partition coefficient (Wildman–Crippen LogP) is -1.92. The summed E-state index contributed by atoms with van der Waals surface area (Å²) < 4.78 is 1.13. The Kier molecular flexibility index (Phi) is 6.92. The fraction of sp³-hybridized carbons (Fsp3) is 1.00. The first kappa shape index (κ1) is 14.7. The molecule has 1 aliphatic rings. The molecule has 15 heavy (non-hydrogen) atoms. The summed E-state index contributed by atoms with van der Waals surface area (Å²) in [5.74, 6) is 0. The van der Waals surface area contributed by atoms with Crippen molar-refractivity contribution in [2.45, 2.75) is 6.42 Å². The maximum atomic E-state index is 8.15. The standard InChI is InChI=1S/C9H20N5.BrH/c1-13-5-8-14(2,9-6-13)7-3-4-11-12-10;/h3-9H2,1-2H3;1H/q+1;/p-1. The van der Waals surface area contributed by atoms with Gasteiger partial charge in [0.2, 0.25) is 0 Å². The minimum absolute atomic E-state index is 0. The minimum Gasteiger partial charge on any atom is -1.00 e. The van der Waals surface area contributed by atoms with Gasteiger partial charge in [0.05, 0.1) is 26.7 Å². The highest BCUT2D eigenvalue weighted by molar-refractivity contribution is 4.58. The molecule has 5 nitrogen and oxygen atoms in total. The topological polar surface area (TPSA) is 52.0 Å². The fourth-order valence-electron chi connectivity index (χ4n) is 1.84. The highest BCUT2D eigenvalue weighted by Gasteiger charge is 2.25. The third-order valence-corrected chi connectivity index (χ3v) is 3.06. The molecule has 0 aromatic heterocycles. The molecule has 88 valence electrons. The molecule has 1 saturated heterocycles. The van der Waals surface area contributed by atoms with Gasteiger partial charge < -0.3 is 21.5 Å². The normalized spacial score (nSPS) is 20.1. The number of azide groups is 1. The Labute approximate surface area is 102 Å². The lowest BCUT2D eigenvalue weighted by atomic mass is 10.2. The van der Waals surface area contributed by atoms with Crippen molar-refractivity contribution < 1.29 is 21.5 Å². The number of halogens is 1. The number of piperazine rings is 1. The van der Waals surface area contributed by atoms with Crippen molar-refractivity contribution in [1.82, 2.24) is 4.90 Å². The van der Waals surface area contributed by atoms with Crippen LogP contribution in [0.25, 0.3) is 10.4 Å². The van der Waals surface area contributed by atoms with Crippen molar-refractivity contribution in [3.8, 4) is 0 Å². The molecular formula is C9H20BrN5. The Morgan fingerprint density at radius 2 is 2.00 bits per heavy atom. The first-order chi connectivity index (χ1) is 6.66. The smallest absolute Gasteiger partial charge is 0.0914 e. The van der Waals surface area contributed by atoms with Gasteiger partial charge in [0.1, 0.15) is 0 Å². The molecule has 1 heterocycles. The van der Waals surface area contributed by atoms with Gasteiger partial charge in [0, 0.05) is 31.0 Å². The van der Waals surface area contributed by atoms with Crippen molar-refractivity contribution in [2.24, 2.45) is 5.11 Å². The van der Waals surface area contributed by atoms with Crippen LogP contribution in [0.3, 0.4) is 0 Å². The molecule has 0 unspecified atom stereocenters. The Morgan fingerprint density at radius 1 is 1.40 bits per heavy atom. The molecule has 0 atom stereocenters. The zero-order valence-corrected chi connectivity index (χ0v) is 11.1. The first-order valence-corrected chi connectivity index (χ1v) is 5.19. The third kappa shape index (κ3) is 5.37. The molecule has 0 saturated carbocycles. The number of likely N-dealkylation sites (N-methyl/N-ethyl adjacent to an activating group) is 2. The number of nitrogens with zero attached hydrogens (tertiary/aromatic N) is 5. The molecule has 1 aliphatic heterocycles. The summed E-state index contributed by atoms with van der Waals surface area (Å²) in [4.78, 5) is 5.13. The molecule has 1 rings (SSSR count). The van der Waals surface area contributed by atoms with E-state index >= 15 is 0 Å². The highest BCUT2D eigenvalue weighted by Crippen LogP contribution is 2.09. The Morgan fingerprint density at radius 3 is 2.53 bits per heavy atom. The molecule has 0 amide bonds. The van der Waals surface area contributed by atoms with Gasteiger partial charge in [0.25, 0.3) is 0 Å². The quantitative estimate of drug-likeness (QED) is 0.194. The van der Waals surface area contributed by atoms with Crippen molar-refractivity contribution in [2.75, 3.05) is 53.4 Å².